The van der Waals surface area contributed by atoms with Crippen molar-refractivity contribution in [1.29, 1.82) is 0 Å². The van der Waals surface area contributed by atoms with E-state index in [2.05, 4.69) is 23.4 Å². The molecule has 0 radical (unpaired) electrons. The Bertz CT molecular complexity index is 348. The summed E-state index contributed by atoms with van der Waals surface area (Å²) in [7, 11) is 0. The van der Waals surface area contributed by atoms with Crippen LogP contribution in [-0.2, 0) is 0 Å². The fourth-order valence-electron chi connectivity index (χ4n) is 1.27. The van der Waals surface area contributed by atoms with Crippen LogP contribution in [0.25, 0.3) is 0 Å². The Balaban J connectivity index is 2.44. The molecule has 0 spiro atoms. The summed E-state index contributed by atoms with van der Waals surface area (Å²) >= 11 is 1.77. The van der Waals surface area contributed by atoms with E-state index in [0.29, 0.717) is 5.25 Å². The standard InChI is InChI=1S/C9H11N3S/c1-6-9(12-10)11-7-4-2-3-5-8(7)13-6/h2-6H,10H2,1H3,(H,11,12). The van der Waals surface area contributed by atoms with E-state index in [0.717, 1.165) is 11.5 Å². The van der Waals surface area contributed by atoms with E-state index in [1.54, 1.807) is 11.8 Å². The van der Waals surface area contributed by atoms with Gasteiger partial charge in [-0.2, -0.15) is 0 Å². The van der Waals surface area contributed by atoms with Crippen LogP contribution in [-0.4, -0.2) is 11.1 Å². The third-order valence-electron chi connectivity index (χ3n) is 1.94. The lowest BCUT2D eigenvalue weighted by atomic mass is 10.3. The number of hydrogen-bond donors (Lipinski definition) is 2. The topological polar surface area (TPSA) is 50.4 Å². The van der Waals surface area contributed by atoms with E-state index in [4.69, 9.17) is 5.84 Å². The molecule has 1 atom stereocenters. The molecule has 0 aromatic heterocycles. The molecule has 13 heavy (non-hydrogen) atoms. The monoisotopic (exact) mass is 193 g/mol. The van der Waals surface area contributed by atoms with Crippen molar-refractivity contribution in [2.24, 2.45) is 10.8 Å². The number of benzene rings is 1. The maximum absolute atomic E-state index is 5.36. The molecule has 0 saturated heterocycles. The summed E-state index contributed by atoms with van der Waals surface area (Å²) in [6, 6.07) is 8.07. The molecule has 1 unspecified atom stereocenters. The molecule has 0 bridgehead atoms. The number of hydrazine groups is 1. The van der Waals surface area contributed by atoms with Gasteiger partial charge in [-0.05, 0) is 19.1 Å². The smallest absolute Gasteiger partial charge is 0.129 e. The minimum absolute atomic E-state index is 0.305. The van der Waals surface area contributed by atoms with Crippen molar-refractivity contribution in [3.05, 3.63) is 24.3 Å². The summed E-state index contributed by atoms with van der Waals surface area (Å²) in [4.78, 5) is 5.62. The van der Waals surface area contributed by atoms with Crippen LogP contribution in [0.3, 0.4) is 0 Å². The molecule has 0 fully saturated rings. The Kier molecular flexibility index (Phi) is 2.24. The highest BCUT2D eigenvalue weighted by Gasteiger charge is 2.18. The average Bonchev–Trinajstić information content (AvgIpc) is 2.17. The molecule has 1 aliphatic rings. The highest BCUT2D eigenvalue weighted by molar-refractivity contribution is 8.00. The van der Waals surface area contributed by atoms with Gasteiger partial charge < -0.3 is 5.43 Å². The van der Waals surface area contributed by atoms with Gasteiger partial charge >= 0.3 is 0 Å². The fourth-order valence-corrected chi connectivity index (χ4v) is 2.27. The third-order valence-corrected chi connectivity index (χ3v) is 3.12. The van der Waals surface area contributed by atoms with Crippen LogP contribution >= 0.6 is 11.8 Å². The van der Waals surface area contributed by atoms with Crippen molar-refractivity contribution in [3.63, 3.8) is 0 Å². The minimum Gasteiger partial charge on any atom is -0.311 e. The fraction of sp³-hybridized carbons (Fsp3) is 0.222. The van der Waals surface area contributed by atoms with E-state index < -0.39 is 0 Å². The van der Waals surface area contributed by atoms with Crippen LogP contribution < -0.4 is 11.3 Å². The van der Waals surface area contributed by atoms with Crippen molar-refractivity contribution >= 4 is 23.3 Å². The summed E-state index contributed by atoms with van der Waals surface area (Å²) in [5.74, 6) is 6.19. The maximum Gasteiger partial charge on any atom is 0.129 e. The normalized spacial score (nSPS) is 20.5. The summed E-state index contributed by atoms with van der Waals surface area (Å²) in [6.07, 6.45) is 0. The number of nitrogens with one attached hydrogen (secondary N) is 1. The number of para-hydroxylation sites is 1. The number of aliphatic imine (C=N–C) groups is 1. The van der Waals surface area contributed by atoms with Crippen molar-refractivity contribution in [2.75, 3.05) is 0 Å². The first-order valence-electron chi connectivity index (χ1n) is 4.12. The molecule has 0 aliphatic carbocycles. The van der Waals surface area contributed by atoms with Crippen LogP contribution in [0.1, 0.15) is 6.92 Å². The number of nitrogens with two attached hydrogens (primary N) is 1. The Labute approximate surface area is 81.4 Å². The lowest BCUT2D eigenvalue weighted by Crippen LogP contribution is -2.37. The second-order valence-electron chi connectivity index (χ2n) is 2.87. The number of amidine groups is 1. The van der Waals surface area contributed by atoms with Gasteiger partial charge in [0.25, 0.3) is 0 Å². The lowest BCUT2D eigenvalue weighted by Gasteiger charge is -2.20. The molecule has 3 N–H and O–H groups in total. The SMILES string of the molecule is CC1Sc2ccccc2N=C1NN. The Morgan fingerprint density at radius 2 is 2.23 bits per heavy atom. The Hall–Kier alpha value is -1.00. The maximum atomic E-state index is 5.36. The summed E-state index contributed by atoms with van der Waals surface area (Å²) in [5.41, 5.74) is 3.62. The lowest BCUT2D eigenvalue weighted by molar-refractivity contribution is 0.976. The van der Waals surface area contributed by atoms with Crippen LogP contribution in [0.4, 0.5) is 5.69 Å². The van der Waals surface area contributed by atoms with Crippen molar-refractivity contribution in [1.82, 2.24) is 5.43 Å². The molecular formula is C9H11N3S. The number of thioether (sulfide) groups is 1. The average molecular weight is 193 g/mol. The summed E-state index contributed by atoms with van der Waals surface area (Å²) < 4.78 is 0. The zero-order chi connectivity index (χ0) is 9.26. The summed E-state index contributed by atoms with van der Waals surface area (Å²) in [5, 5.41) is 0.305. The molecule has 0 saturated carbocycles. The predicted octanol–water partition coefficient (Wildman–Crippen LogP) is 1.67. The quantitative estimate of drug-likeness (QED) is 0.487. The molecular weight excluding hydrogens is 182 g/mol. The minimum atomic E-state index is 0.305. The van der Waals surface area contributed by atoms with Gasteiger partial charge in [0.1, 0.15) is 5.84 Å². The van der Waals surface area contributed by atoms with E-state index in [1.807, 2.05) is 18.2 Å². The molecule has 1 aromatic rings. The molecule has 68 valence electrons. The van der Waals surface area contributed by atoms with Gasteiger partial charge in [-0.15, -0.1) is 11.8 Å². The molecule has 4 heteroatoms. The molecule has 0 amide bonds. The van der Waals surface area contributed by atoms with Gasteiger partial charge in [-0.3, -0.25) is 0 Å². The van der Waals surface area contributed by atoms with Gasteiger partial charge in [-0.1, -0.05) is 12.1 Å². The zero-order valence-corrected chi connectivity index (χ0v) is 8.14. The molecule has 1 aromatic carbocycles. The zero-order valence-electron chi connectivity index (χ0n) is 7.32. The van der Waals surface area contributed by atoms with Gasteiger partial charge in [-0.25, -0.2) is 10.8 Å². The number of nitrogens with zero attached hydrogens (tertiary/aromatic N) is 1. The van der Waals surface area contributed by atoms with Crippen molar-refractivity contribution in [2.45, 2.75) is 17.1 Å². The number of fused-ring (bicyclic) bond motifs is 1. The van der Waals surface area contributed by atoms with Crippen LogP contribution in [0.2, 0.25) is 0 Å². The first-order valence-corrected chi connectivity index (χ1v) is 5.00. The van der Waals surface area contributed by atoms with E-state index >= 15 is 0 Å². The van der Waals surface area contributed by atoms with Crippen molar-refractivity contribution in [3.8, 4) is 0 Å². The van der Waals surface area contributed by atoms with Crippen LogP contribution in [0.15, 0.2) is 34.2 Å². The number of hydrogen-bond acceptors (Lipinski definition) is 4. The van der Waals surface area contributed by atoms with E-state index in [9.17, 15) is 0 Å². The van der Waals surface area contributed by atoms with E-state index in [1.165, 1.54) is 4.90 Å². The Morgan fingerprint density at radius 1 is 1.46 bits per heavy atom. The van der Waals surface area contributed by atoms with Gasteiger partial charge in [0.05, 0.1) is 10.9 Å². The van der Waals surface area contributed by atoms with Gasteiger partial charge in [0, 0.05) is 4.90 Å². The molecule has 3 nitrogen and oxygen atoms in total. The van der Waals surface area contributed by atoms with Crippen LogP contribution in [0, 0.1) is 0 Å². The molecule has 1 aliphatic heterocycles. The number of rotatable bonds is 0. The Morgan fingerprint density at radius 3 is 3.00 bits per heavy atom. The predicted molar refractivity (Wildman–Crippen MR) is 56.2 cm³/mol. The van der Waals surface area contributed by atoms with Gasteiger partial charge in [0.15, 0.2) is 0 Å². The second kappa shape index (κ2) is 3.40. The summed E-state index contributed by atoms with van der Waals surface area (Å²) in [6.45, 7) is 2.08. The van der Waals surface area contributed by atoms with Gasteiger partial charge in [0.2, 0.25) is 0 Å². The first-order chi connectivity index (χ1) is 6.31. The first kappa shape index (κ1) is 8.59. The highest BCUT2D eigenvalue weighted by atomic mass is 32.2. The second-order valence-corrected chi connectivity index (χ2v) is 4.25. The molecule has 1 heterocycles. The van der Waals surface area contributed by atoms with E-state index in [-0.39, 0.29) is 0 Å². The highest BCUT2D eigenvalue weighted by Crippen LogP contribution is 2.36. The molecule has 2 rings (SSSR count). The van der Waals surface area contributed by atoms with Crippen LogP contribution in [0.5, 0.6) is 0 Å². The van der Waals surface area contributed by atoms with Crippen molar-refractivity contribution < 1.29 is 0 Å². The third kappa shape index (κ3) is 1.55. The largest absolute Gasteiger partial charge is 0.311 e.